The second-order valence-corrected chi connectivity index (χ2v) is 5.95. The topological polar surface area (TPSA) is 18.5 Å². The molecule has 2 saturated carbocycles. The van der Waals surface area contributed by atoms with Crippen molar-refractivity contribution in [3.05, 3.63) is 23.3 Å². The van der Waals surface area contributed by atoms with Crippen LogP contribution in [0.5, 0.6) is 11.5 Å². The molecule has 0 radical (unpaired) electrons. The standard InChI is InChI=1S/C16H19F3O2/c1-10-13(11-6-7-11)8-9-14(15(10)21-16(17,18)19)20-12-4-2-3-5-12/h8-9,11-12H,2-7H2,1H3. The molecule has 0 spiro atoms. The average molecular weight is 300 g/mol. The first kappa shape index (κ1) is 14.5. The zero-order valence-electron chi connectivity index (χ0n) is 12.0. The molecule has 1 aromatic carbocycles. The molecule has 0 aromatic heterocycles. The van der Waals surface area contributed by atoms with Gasteiger partial charge in [-0.1, -0.05) is 6.07 Å². The maximum absolute atomic E-state index is 12.7. The number of hydrogen-bond donors (Lipinski definition) is 0. The molecule has 2 aliphatic carbocycles. The van der Waals surface area contributed by atoms with Crippen molar-refractivity contribution in [3.63, 3.8) is 0 Å². The summed E-state index contributed by atoms with van der Waals surface area (Å²) in [6.45, 7) is 1.69. The predicted octanol–water partition coefficient (Wildman–Crippen LogP) is 5.09. The van der Waals surface area contributed by atoms with E-state index in [0.29, 0.717) is 11.5 Å². The Labute approximate surface area is 122 Å². The van der Waals surface area contributed by atoms with E-state index in [1.807, 2.05) is 6.07 Å². The van der Waals surface area contributed by atoms with Crippen molar-refractivity contribution in [1.29, 1.82) is 0 Å². The van der Waals surface area contributed by atoms with Crippen LogP contribution < -0.4 is 9.47 Å². The third-order valence-corrected chi connectivity index (χ3v) is 4.24. The van der Waals surface area contributed by atoms with Crippen LogP contribution in [-0.4, -0.2) is 12.5 Å². The third-order valence-electron chi connectivity index (χ3n) is 4.24. The molecule has 0 amide bonds. The monoisotopic (exact) mass is 300 g/mol. The van der Waals surface area contributed by atoms with E-state index in [1.165, 1.54) is 0 Å². The molecule has 0 atom stereocenters. The fourth-order valence-corrected chi connectivity index (χ4v) is 3.04. The second kappa shape index (κ2) is 5.43. The third kappa shape index (κ3) is 3.44. The Morgan fingerprint density at radius 3 is 2.29 bits per heavy atom. The summed E-state index contributed by atoms with van der Waals surface area (Å²) in [6, 6.07) is 3.53. The fraction of sp³-hybridized carbons (Fsp3) is 0.625. The Morgan fingerprint density at radius 2 is 1.71 bits per heavy atom. The Bertz CT molecular complexity index is 515. The lowest BCUT2D eigenvalue weighted by Gasteiger charge is -2.21. The summed E-state index contributed by atoms with van der Waals surface area (Å²) >= 11 is 0. The van der Waals surface area contributed by atoms with Gasteiger partial charge >= 0.3 is 6.36 Å². The molecule has 0 N–H and O–H groups in total. The first-order valence-corrected chi connectivity index (χ1v) is 7.50. The van der Waals surface area contributed by atoms with Gasteiger partial charge in [0.15, 0.2) is 11.5 Å². The zero-order valence-corrected chi connectivity index (χ0v) is 12.0. The molecular weight excluding hydrogens is 281 g/mol. The van der Waals surface area contributed by atoms with Gasteiger partial charge in [0.2, 0.25) is 0 Å². The zero-order chi connectivity index (χ0) is 15.0. The number of hydrogen-bond acceptors (Lipinski definition) is 2. The molecule has 2 fully saturated rings. The van der Waals surface area contributed by atoms with E-state index >= 15 is 0 Å². The van der Waals surface area contributed by atoms with Gasteiger partial charge in [0, 0.05) is 0 Å². The van der Waals surface area contributed by atoms with Gasteiger partial charge in [-0.15, -0.1) is 13.2 Å². The summed E-state index contributed by atoms with van der Waals surface area (Å²) in [5, 5.41) is 0. The molecular formula is C16H19F3O2. The second-order valence-electron chi connectivity index (χ2n) is 5.95. The van der Waals surface area contributed by atoms with Gasteiger partial charge in [0.1, 0.15) is 0 Å². The van der Waals surface area contributed by atoms with Gasteiger partial charge in [-0.2, -0.15) is 0 Å². The molecule has 0 aliphatic heterocycles. The highest BCUT2D eigenvalue weighted by atomic mass is 19.4. The molecule has 0 heterocycles. The van der Waals surface area contributed by atoms with Crippen molar-refractivity contribution in [3.8, 4) is 11.5 Å². The van der Waals surface area contributed by atoms with Gasteiger partial charge in [-0.3, -0.25) is 0 Å². The maximum atomic E-state index is 12.7. The normalized spacial score (nSPS) is 19.8. The highest BCUT2D eigenvalue weighted by Crippen LogP contribution is 2.47. The molecule has 5 heteroatoms. The molecule has 0 saturated heterocycles. The van der Waals surface area contributed by atoms with Gasteiger partial charge in [-0.25, -0.2) is 0 Å². The van der Waals surface area contributed by atoms with E-state index in [1.54, 1.807) is 13.0 Å². The van der Waals surface area contributed by atoms with E-state index in [2.05, 4.69) is 4.74 Å². The van der Waals surface area contributed by atoms with Crippen molar-refractivity contribution in [1.82, 2.24) is 0 Å². The number of alkyl halides is 3. The fourth-order valence-electron chi connectivity index (χ4n) is 3.04. The van der Waals surface area contributed by atoms with Crippen LogP contribution in [0.2, 0.25) is 0 Å². The largest absolute Gasteiger partial charge is 0.573 e. The van der Waals surface area contributed by atoms with Gasteiger partial charge in [-0.05, 0) is 68.6 Å². The number of halogens is 3. The minimum atomic E-state index is -4.69. The van der Waals surface area contributed by atoms with Crippen LogP contribution in [0, 0.1) is 6.92 Å². The van der Waals surface area contributed by atoms with Gasteiger partial charge in [0.25, 0.3) is 0 Å². The molecule has 2 nitrogen and oxygen atoms in total. The molecule has 0 unspecified atom stereocenters. The van der Waals surface area contributed by atoms with Gasteiger partial charge < -0.3 is 9.47 Å². The molecule has 116 valence electrons. The Kier molecular flexibility index (Phi) is 3.76. The van der Waals surface area contributed by atoms with E-state index in [0.717, 1.165) is 44.1 Å². The SMILES string of the molecule is Cc1c(C2CC2)ccc(OC2CCCC2)c1OC(F)(F)F. The summed E-state index contributed by atoms with van der Waals surface area (Å²) < 4.78 is 48.1. The summed E-state index contributed by atoms with van der Waals surface area (Å²) in [5.41, 5.74) is 1.51. The molecule has 3 rings (SSSR count). The summed E-state index contributed by atoms with van der Waals surface area (Å²) in [5.74, 6) is 0.445. The van der Waals surface area contributed by atoms with Crippen molar-refractivity contribution < 1.29 is 22.6 Å². The first-order valence-electron chi connectivity index (χ1n) is 7.50. The van der Waals surface area contributed by atoms with Crippen LogP contribution in [0.3, 0.4) is 0 Å². The minimum absolute atomic E-state index is 0.00626. The van der Waals surface area contributed by atoms with Crippen LogP contribution >= 0.6 is 0 Å². The Morgan fingerprint density at radius 1 is 1.05 bits per heavy atom. The molecule has 1 aromatic rings. The lowest BCUT2D eigenvalue weighted by Crippen LogP contribution is -2.20. The average Bonchev–Trinajstić information content (AvgIpc) is 3.10. The number of rotatable bonds is 4. The molecule has 2 aliphatic rings. The smallest absolute Gasteiger partial charge is 0.487 e. The quantitative estimate of drug-likeness (QED) is 0.771. The van der Waals surface area contributed by atoms with Crippen molar-refractivity contribution >= 4 is 0 Å². The summed E-state index contributed by atoms with van der Waals surface area (Å²) in [7, 11) is 0. The maximum Gasteiger partial charge on any atom is 0.573 e. The summed E-state index contributed by atoms with van der Waals surface area (Å²) in [6.07, 6.45) is 1.32. The van der Waals surface area contributed by atoms with E-state index in [-0.39, 0.29) is 17.6 Å². The molecule has 0 bridgehead atoms. The minimum Gasteiger partial charge on any atom is -0.487 e. The predicted molar refractivity (Wildman–Crippen MR) is 72.7 cm³/mol. The highest BCUT2D eigenvalue weighted by molar-refractivity contribution is 5.52. The highest BCUT2D eigenvalue weighted by Gasteiger charge is 2.36. The van der Waals surface area contributed by atoms with Gasteiger partial charge in [0.05, 0.1) is 6.10 Å². The first-order chi connectivity index (χ1) is 9.94. The van der Waals surface area contributed by atoms with Crippen LogP contribution in [0.1, 0.15) is 55.6 Å². The Hall–Kier alpha value is -1.39. The van der Waals surface area contributed by atoms with Crippen LogP contribution in [0.25, 0.3) is 0 Å². The van der Waals surface area contributed by atoms with Crippen LogP contribution in [-0.2, 0) is 0 Å². The molecule has 21 heavy (non-hydrogen) atoms. The van der Waals surface area contributed by atoms with Crippen molar-refractivity contribution in [2.75, 3.05) is 0 Å². The van der Waals surface area contributed by atoms with E-state index in [4.69, 9.17) is 4.74 Å². The Balaban J connectivity index is 1.91. The van der Waals surface area contributed by atoms with E-state index < -0.39 is 6.36 Å². The van der Waals surface area contributed by atoms with E-state index in [9.17, 15) is 13.2 Å². The lowest BCUT2D eigenvalue weighted by molar-refractivity contribution is -0.275. The lowest BCUT2D eigenvalue weighted by atomic mass is 10.0. The van der Waals surface area contributed by atoms with Crippen LogP contribution in [0.15, 0.2) is 12.1 Å². The number of ether oxygens (including phenoxy) is 2. The van der Waals surface area contributed by atoms with Crippen LogP contribution in [0.4, 0.5) is 13.2 Å². The van der Waals surface area contributed by atoms with Crippen molar-refractivity contribution in [2.24, 2.45) is 0 Å². The number of benzene rings is 1. The van der Waals surface area contributed by atoms with Crippen molar-refractivity contribution in [2.45, 2.75) is 63.8 Å². The summed E-state index contributed by atoms with van der Waals surface area (Å²) in [4.78, 5) is 0.